The minimum Gasteiger partial charge on any atom is -0.497 e. The molecule has 0 aliphatic carbocycles. The van der Waals surface area contributed by atoms with E-state index in [4.69, 9.17) is 4.74 Å². The summed E-state index contributed by atoms with van der Waals surface area (Å²) in [5.41, 5.74) is 6.95. The highest BCUT2D eigenvalue weighted by atomic mass is 16.5. The molecule has 1 aliphatic rings. The van der Waals surface area contributed by atoms with Crippen molar-refractivity contribution in [3.05, 3.63) is 66.2 Å². The molecule has 2 amide bonds. The number of nitrogens with zero attached hydrogens (tertiary/aromatic N) is 2. The molecule has 2 N–H and O–H groups in total. The van der Waals surface area contributed by atoms with Crippen molar-refractivity contribution in [1.82, 2.24) is 15.8 Å². The van der Waals surface area contributed by atoms with Gasteiger partial charge in [0.05, 0.1) is 7.11 Å². The summed E-state index contributed by atoms with van der Waals surface area (Å²) in [6.07, 6.45) is 3.37. The summed E-state index contributed by atoms with van der Waals surface area (Å²) < 4.78 is 5.15. The van der Waals surface area contributed by atoms with Crippen molar-refractivity contribution in [2.75, 3.05) is 44.7 Å². The summed E-state index contributed by atoms with van der Waals surface area (Å²) in [5, 5.41) is 0. The lowest BCUT2D eigenvalue weighted by Gasteiger charge is -2.36. The average Bonchev–Trinajstić information content (AvgIpc) is 2.81. The fourth-order valence-corrected chi connectivity index (χ4v) is 3.28. The van der Waals surface area contributed by atoms with Gasteiger partial charge >= 0.3 is 0 Å². The van der Waals surface area contributed by atoms with Crippen LogP contribution in [0.5, 0.6) is 5.75 Å². The molecule has 2 aromatic carbocycles. The van der Waals surface area contributed by atoms with Crippen LogP contribution in [0.2, 0.25) is 0 Å². The number of hydrogen-bond donors (Lipinski definition) is 2. The first-order valence-electron chi connectivity index (χ1n) is 10.1. The Labute approximate surface area is 177 Å². The Morgan fingerprint density at radius 3 is 2.50 bits per heavy atom. The summed E-state index contributed by atoms with van der Waals surface area (Å²) >= 11 is 0. The first kappa shape index (κ1) is 21.4. The zero-order chi connectivity index (χ0) is 21.2. The first-order valence-corrected chi connectivity index (χ1v) is 10.1. The molecule has 0 aromatic heterocycles. The van der Waals surface area contributed by atoms with Crippen LogP contribution in [0.1, 0.15) is 12.0 Å². The number of piperazine rings is 1. The third-order valence-electron chi connectivity index (χ3n) is 4.99. The van der Waals surface area contributed by atoms with E-state index < -0.39 is 0 Å². The van der Waals surface area contributed by atoms with Gasteiger partial charge < -0.3 is 9.64 Å². The van der Waals surface area contributed by atoms with E-state index in [9.17, 15) is 9.59 Å². The predicted molar refractivity (Wildman–Crippen MR) is 118 cm³/mol. The van der Waals surface area contributed by atoms with Crippen LogP contribution in [-0.4, -0.2) is 56.5 Å². The van der Waals surface area contributed by atoms with Crippen molar-refractivity contribution in [3.8, 4) is 5.75 Å². The molecule has 1 fully saturated rings. The van der Waals surface area contributed by atoms with Gasteiger partial charge in [-0.3, -0.25) is 25.3 Å². The molecular formula is C23H28N4O3. The number of carbonyl (C=O) groups excluding carboxylic acids is 2. The van der Waals surface area contributed by atoms with E-state index in [-0.39, 0.29) is 11.8 Å². The predicted octanol–water partition coefficient (Wildman–Crippen LogP) is 2.07. The molecule has 30 heavy (non-hydrogen) atoms. The molecule has 0 spiro atoms. The lowest BCUT2D eigenvalue weighted by molar-refractivity contribution is -0.127. The summed E-state index contributed by atoms with van der Waals surface area (Å²) in [4.78, 5) is 28.5. The molecule has 7 heteroatoms. The molecule has 1 saturated heterocycles. The smallest absolute Gasteiger partial charge is 0.262 e. The fraction of sp³-hybridized carbons (Fsp3) is 0.304. The second-order valence-electron chi connectivity index (χ2n) is 7.06. The molecule has 2 aromatic rings. The third-order valence-corrected chi connectivity index (χ3v) is 4.99. The number of carbonyl (C=O) groups is 2. The van der Waals surface area contributed by atoms with Crippen molar-refractivity contribution in [2.24, 2.45) is 0 Å². The highest BCUT2D eigenvalue weighted by Crippen LogP contribution is 2.15. The van der Waals surface area contributed by atoms with Gasteiger partial charge in [-0.15, -0.1) is 0 Å². The van der Waals surface area contributed by atoms with Gasteiger partial charge in [-0.1, -0.05) is 30.3 Å². The van der Waals surface area contributed by atoms with Crippen LogP contribution < -0.4 is 20.5 Å². The van der Waals surface area contributed by atoms with E-state index in [1.807, 2.05) is 42.5 Å². The van der Waals surface area contributed by atoms with Gasteiger partial charge in [-0.25, -0.2) is 0 Å². The zero-order valence-corrected chi connectivity index (χ0v) is 17.2. The second-order valence-corrected chi connectivity index (χ2v) is 7.06. The maximum Gasteiger partial charge on any atom is 0.262 e. The quantitative estimate of drug-likeness (QED) is 0.542. The van der Waals surface area contributed by atoms with E-state index in [2.05, 4.69) is 32.8 Å². The molecule has 0 bridgehead atoms. The normalized spacial score (nSPS) is 14.5. The van der Waals surface area contributed by atoms with Crippen LogP contribution >= 0.6 is 0 Å². The minimum atomic E-state index is -0.386. The molecule has 0 atom stereocenters. The van der Waals surface area contributed by atoms with Crippen molar-refractivity contribution in [2.45, 2.75) is 6.42 Å². The van der Waals surface area contributed by atoms with Crippen molar-refractivity contribution in [3.63, 3.8) is 0 Å². The van der Waals surface area contributed by atoms with Gasteiger partial charge in [-0.05, 0) is 35.9 Å². The van der Waals surface area contributed by atoms with Gasteiger partial charge in [0, 0.05) is 50.9 Å². The number of amides is 2. The number of hydrazine groups is 1. The summed E-state index contributed by atoms with van der Waals surface area (Å²) in [6, 6.07) is 17.7. The highest BCUT2D eigenvalue weighted by molar-refractivity contribution is 5.93. The third kappa shape index (κ3) is 6.63. The molecule has 7 nitrogen and oxygen atoms in total. The standard InChI is InChI=1S/C23H28N4O3/c1-30-21-9-5-6-19(18-21)10-11-22(28)24-25-23(29)12-13-26-14-16-27(17-15-26)20-7-3-2-4-8-20/h2-11,18H,12-17H2,1H3,(H,24,28)(H,25,29). The zero-order valence-electron chi connectivity index (χ0n) is 17.2. The molecule has 0 radical (unpaired) electrons. The molecule has 3 rings (SSSR count). The summed E-state index contributed by atoms with van der Waals surface area (Å²) in [6.45, 7) is 4.38. The monoisotopic (exact) mass is 408 g/mol. The van der Waals surface area contributed by atoms with Crippen LogP contribution in [0.3, 0.4) is 0 Å². The second kappa shape index (κ2) is 11.0. The maximum absolute atomic E-state index is 12.0. The number of nitrogens with one attached hydrogen (secondary N) is 2. The number of rotatable bonds is 7. The molecular weight excluding hydrogens is 380 g/mol. The number of ether oxygens (including phenoxy) is 1. The Morgan fingerprint density at radius 2 is 1.77 bits per heavy atom. The van der Waals surface area contributed by atoms with E-state index in [0.717, 1.165) is 37.5 Å². The van der Waals surface area contributed by atoms with Gasteiger partial charge in [0.15, 0.2) is 0 Å². The van der Waals surface area contributed by atoms with Gasteiger partial charge in [0.1, 0.15) is 5.75 Å². The fourth-order valence-electron chi connectivity index (χ4n) is 3.28. The van der Waals surface area contributed by atoms with Crippen molar-refractivity contribution in [1.29, 1.82) is 0 Å². The van der Waals surface area contributed by atoms with Crippen LogP contribution in [0.25, 0.3) is 6.08 Å². The number of para-hydroxylation sites is 1. The van der Waals surface area contributed by atoms with Crippen molar-refractivity contribution < 1.29 is 14.3 Å². The van der Waals surface area contributed by atoms with E-state index in [1.165, 1.54) is 11.8 Å². The van der Waals surface area contributed by atoms with Gasteiger partial charge in [0.25, 0.3) is 5.91 Å². The largest absolute Gasteiger partial charge is 0.497 e. The number of hydrogen-bond acceptors (Lipinski definition) is 5. The minimum absolute atomic E-state index is 0.205. The number of benzene rings is 2. The molecule has 1 aliphatic heterocycles. The Morgan fingerprint density at radius 1 is 1.00 bits per heavy atom. The lowest BCUT2D eigenvalue weighted by Crippen LogP contribution is -2.48. The molecule has 0 unspecified atom stereocenters. The number of methoxy groups -OCH3 is 1. The Balaban J connectivity index is 1.33. The number of anilines is 1. The summed E-state index contributed by atoms with van der Waals surface area (Å²) in [7, 11) is 1.59. The Hall–Kier alpha value is -3.32. The van der Waals surface area contributed by atoms with E-state index in [0.29, 0.717) is 13.0 Å². The first-order chi connectivity index (χ1) is 14.6. The van der Waals surface area contributed by atoms with Crippen LogP contribution in [0.4, 0.5) is 5.69 Å². The lowest BCUT2D eigenvalue weighted by atomic mass is 10.2. The SMILES string of the molecule is COc1cccc(C=CC(=O)NNC(=O)CCN2CCN(c3ccccc3)CC2)c1. The van der Waals surface area contributed by atoms with Gasteiger partial charge in [0.2, 0.25) is 5.91 Å². The van der Waals surface area contributed by atoms with E-state index >= 15 is 0 Å². The highest BCUT2D eigenvalue weighted by Gasteiger charge is 2.17. The van der Waals surface area contributed by atoms with Crippen molar-refractivity contribution >= 4 is 23.6 Å². The Kier molecular flexibility index (Phi) is 7.86. The topological polar surface area (TPSA) is 73.9 Å². The molecule has 1 heterocycles. The molecule has 0 saturated carbocycles. The van der Waals surface area contributed by atoms with Gasteiger partial charge in [-0.2, -0.15) is 0 Å². The van der Waals surface area contributed by atoms with Crippen LogP contribution in [0, 0.1) is 0 Å². The van der Waals surface area contributed by atoms with E-state index in [1.54, 1.807) is 13.2 Å². The Bertz CT molecular complexity index is 862. The van der Waals surface area contributed by atoms with Crippen LogP contribution in [-0.2, 0) is 9.59 Å². The average molecular weight is 409 g/mol. The maximum atomic E-state index is 12.0. The van der Waals surface area contributed by atoms with Crippen LogP contribution in [0.15, 0.2) is 60.7 Å². The molecule has 158 valence electrons. The summed E-state index contributed by atoms with van der Waals surface area (Å²) in [5.74, 6) is 0.127.